The third-order valence-corrected chi connectivity index (χ3v) is 3.71. The Bertz CT molecular complexity index is 735. The maximum Gasteiger partial charge on any atom is 0.266 e. The van der Waals surface area contributed by atoms with E-state index in [9.17, 15) is 8.78 Å². The van der Waals surface area contributed by atoms with Crippen LogP contribution in [0.4, 0.5) is 8.78 Å². The molecular weight excluding hydrogens is 326 g/mol. The lowest BCUT2D eigenvalue weighted by molar-refractivity contribution is 0.153. The van der Waals surface area contributed by atoms with Crippen LogP contribution in [0, 0.1) is 0 Å². The molecule has 0 fully saturated rings. The van der Waals surface area contributed by atoms with Gasteiger partial charge in [-0.2, -0.15) is 0 Å². The minimum Gasteiger partial charge on any atom is -0.326 e. The normalized spacial score (nSPS) is 11.4. The molecule has 102 valence electrons. The summed E-state index contributed by atoms with van der Waals surface area (Å²) in [6.45, 7) is 0.608. The van der Waals surface area contributed by atoms with E-state index < -0.39 is 6.43 Å². The molecule has 1 aromatic heterocycles. The highest BCUT2D eigenvalue weighted by atomic mass is 79.9. The van der Waals surface area contributed by atoms with Crippen molar-refractivity contribution in [3.05, 3.63) is 64.4 Å². The highest BCUT2D eigenvalue weighted by Gasteiger charge is 2.14. The van der Waals surface area contributed by atoms with Crippen molar-refractivity contribution in [2.24, 2.45) is 0 Å². The summed E-state index contributed by atoms with van der Waals surface area (Å²) in [6.07, 6.45) is -0.895. The van der Waals surface area contributed by atoms with Gasteiger partial charge in [-0.3, -0.25) is 0 Å². The smallest absolute Gasteiger partial charge is 0.266 e. The number of alkyl halides is 2. The molecule has 0 atom stereocenters. The monoisotopic (exact) mass is 336 g/mol. The molecule has 2 aromatic carbocycles. The van der Waals surface area contributed by atoms with Crippen molar-refractivity contribution in [3.8, 4) is 0 Å². The van der Waals surface area contributed by atoms with Gasteiger partial charge in [0, 0.05) is 16.6 Å². The number of hydrogen-bond acceptors (Lipinski definition) is 1. The van der Waals surface area contributed by atoms with E-state index in [1.54, 1.807) is 12.4 Å². The predicted molar refractivity (Wildman–Crippen MR) is 77.9 cm³/mol. The third-order valence-electron chi connectivity index (χ3n) is 3.18. The summed E-state index contributed by atoms with van der Waals surface area (Å²) in [6, 6.07) is 12.8. The minimum absolute atomic E-state index is 0.0166. The standard InChI is InChI=1S/C15H11BrF2N2/c16-11-6-4-10(5-7-11)8-20-9-19-14-12(15(17)18)2-1-3-13(14)20/h1-7,9,15H,8H2. The lowest BCUT2D eigenvalue weighted by Gasteiger charge is -2.06. The van der Waals surface area contributed by atoms with E-state index in [1.165, 1.54) is 6.07 Å². The van der Waals surface area contributed by atoms with Crippen molar-refractivity contribution in [3.63, 3.8) is 0 Å². The molecule has 0 unspecified atom stereocenters. The molecule has 0 spiro atoms. The number of hydrogen-bond donors (Lipinski definition) is 0. The molecule has 5 heteroatoms. The molecule has 0 saturated heterocycles. The van der Waals surface area contributed by atoms with Crippen molar-refractivity contribution in [1.29, 1.82) is 0 Å². The summed E-state index contributed by atoms with van der Waals surface area (Å²) in [5.74, 6) is 0. The van der Waals surface area contributed by atoms with Gasteiger partial charge < -0.3 is 4.57 Å². The van der Waals surface area contributed by atoms with Crippen LogP contribution in [0.25, 0.3) is 11.0 Å². The summed E-state index contributed by atoms with van der Waals surface area (Å²) < 4.78 is 28.7. The molecule has 0 radical (unpaired) electrons. The first-order chi connectivity index (χ1) is 9.65. The molecule has 3 rings (SSSR count). The Hall–Kier alpha value is -1.75. The Balaban J connectivity index is 2.00. The number of para-hydroxylation sites is 1. The molecule has 3 aromatic rings. The van der Waals surface area contributed by atoms with Gasteiger partial charge >= 0.3 is 0 Å². The maximum absolute atomic E-state index is 12.9. The quantitative estimate of drug-likeness (QED) is 0.672. The van der Waals surface area contributed by atoms with Crippen molar-refractivity contribution in [2.45, 2.75) is 13.0 Å². The van der Waals surface area contributed by atoms with Gasteiger partial charge in [-0.25, -0.2) is 13.8 Å². The zero-order chi connectivity index (χ0) is 14.1. The number of fused-ring (bicyclic) bond motifs is 1. The Labute approximate surface area is 123 Å². The van der Waals surface area contributed by atoms with E-state index >= 15 is 0 Å². The first-order valence-corrected chi connectivity index (χ1v) is 6.91. The number of nitrogens with zero attached hydrogens (tertiary/aromatic N) is 2. The molecule has 2 nitrogen and oxygen atoms in total. The van der Waals surface area contributed by atoms with Gasteiger partial charge in [-0.1, -0.05) is 40.2 Å². The molecule has 20 heavy (non-hydrogen) atoms. The number of aromatic nitrogens is 2. The van der Waals surface area contributed by atoms with Crippen molar-refractivity contribution >= 4 is 27.0 Å². The first kappa shape index (κ1) is 13.2. The van der Waals surface area contributed by atoms with E-state index in [0.29, 0.717) is 12.1 Å². The van der Waals surface area contributed by atoms with E-state index in [0.717, 1.165) is 15.6 Å². The molecule has 0 N–H and O–H groups in total. The van der Waals surface area contributed by atoms with Crippen LogP contribution in [0.5, 0.6) is 0 Å². The van der Waals surface area contributed by atoms with Gasteiger partial charge in [0.25, 0.3) is 6.43 Å². The maximum atomic E-state index is 12.9. The second-order valence-electron chi connectivity index (χ2n) is 4.51. The van der Waals surface area contributed by atoms with Crippen LogP contribution in [0.2, 0.25) is 0 Å². The van der Waals surface area contributed by atoms with Crippen LogP contribution in [0.1, 0.15) is 17.6 Å². The van der Waals surface area contributed by atoms with Gasteiger partial charge in [0.15, 0.2) is 0 Å². The summed E-state index contributed by atoms with van der Waals surface area (Å²) >= 11 is 3.39. The zero-order valence-electron chi connectivity index (χ0n) is 10.4. The van der Waals surface area contributed by atoms with E-state index in [-0.39, 0.29) is 5.56 Å². The lowest BCUT2D eigenvalue weighted by atomic mass is 10.2. The Morgan fingerprint density at radius 1 is 1.10 bits per heavy atom. The van der Waals surface area contributed by atoms with Crippen molar-refractivity contribution in [1.82, 2.24) is 9.55 Å². The largest absolute Gasteiger partial charge is 0.326 e. The first-order valence-electron chi connectivity index (χ1n) is 6.11. The topological polar surface area (TPSA) is 17.8 Å². The van der Waals surface area contributed by atoms with Crippen molar-refractivity contribution < 1.29 is 8.78 Å². The van der Waals surface area contributed by atoms with E-state index in [4.69, 9.17) is 0 Å². The summed E-state index contributed by atoms with van der Waals surface area (Å²) in [5.41, 5.74) is 2.18. The van der Waals surface area contributed by atoms with Crippen LogP contribution >= 0.6 is 15.9 Å². The van der Waals surface area contributed by atoms with Gasteiger partial charge in [0.05, 0.1) is 17.4 Å². The fourth-order valence-corrected chi connectivity index (χ4v) is 2.46. The van der Waals surface area contributed by atoms with E-state index in [2.05, 4.69) is 20.9 Å². The molecule has 0 saturated carbocycles. The lowest BCUT2D eigenvalue weighted by Crippen LogP contribution is -1.97. The average Bonchev–Trinajstić information content (AvgIpc) is 2.84. The SMILES string of the molecule is FC(F)c1cccc2c1ncn2Cc1ccc(Br)cc1. The highest BCUT2D eigenvalue weighted by molar-refractivity contribution is 9.10. The number of rotatable bonds is 3. The number of benzene rings is 2. The van der Waals surface area contributed by atoms with Gasteiger partial charge in [-0.05, 0) is 23.8 Å². The summed E-state index contributed by atoms with van der Waals surface area (Å²) in [7, 11) is 0. The second-order valence-corrected chi connectivity index (χ2v) is 5.43. The average molecular weight is 337 g/mol. The minimum atomic E-state index is -2.50. The van der Waals surface area contributed by atoms with Gasteiger partial charge in [-0.15, -0.1) is 0 Å². The highest BCUT2D eigenvalue weighted by Crippen LogP contribution is 2.27. The van der Waals surface area contributed by atoms with Crippen LogP contribution < -0.4 is 0 Å². The molecule has 0 aliphatic rings. The number of imidazole rings is 1. The van der Waals surface area contributed by atoms with Crippen molar-refractivity contribution in [2.75, 3.05) is 0 Å². The Morgan fingerprint density at radius 2 is 1.85 bits per heavy atom. The van der Waals surface area contributed by atoms with Gasteiger partial charge in [0.1, 0.15) is 0 Å². The Kier molecular flexibility index (Phi) is 3.53. The fraction of sp³-hybridized carbons (Fsp3) is 0.133. The molecule has 0 bridgehead atoms. The molecule has 1 heterocycles. The third kappa shape index (κ3) is 2.45. The van der Waals surface area contributed by atoms with E-state index in [1.807, 2.05) is 34.9 Å². The molecule has 0 amide bonds. The van der Waals surface area contributed by atoms with Gasteiger partial charge in [0.2, 0.25) is 0 Å². The molecular formula is C15H11BrF2N2. The molecule has 0 aliphatic heterocycles. The van der Waals surface area contributed by atoms with Crippen LogP contribution in [0.15, 0.2) is 53.3 Å². The second kappa shape index (κ2) is 5.32. The predicted octanol–water partition coefficient (Wildman–Crippen LogP) is 4.78. The summed E-state index contributed by atoms with van der Waals surface area (Å²) in [4.78, 5) is 4.13. The van der Waals surface area contributed by atoms with Crippen LogP contribution in [-0.4, -0.2) is 9.55 Å². The van der Waals surface area contributed by atoms with Crippen LogP contribution in [0.3, 0.4) is 0 Å². The fourth-order valence-electron chi connectivity index (χ4n) is 2.20. The van der Waals surface area contributed by atoms with Crippen LogP contribution in [-0.2, 0) is 6.54 Å². The Morgan fingerprint density at radius 3 is 2.55 bits per heavy atom. The summed E-state index contributed by atoms with van der Waals surface area (Å²) in [5, 5.41) is 0. The zero-order valence-corrected chi connectivity index (χ0v) is 12.0. The molecule has 0 aliphatic carbocycles. The number of halogens is 3.